The van der Waals surface area contributed by atoms with Crippen molar-refractivity contribution in [1.29, 1.82) is 0 Å². The van der Waals surface area contributed by atoms with Gasteiger partial charge in [-0.25, -0.2) is 0 Å². The Labute approximate surface area is 335 Å². The lowest BCUT2D eigenvalue weighted by Crippen LogP contribution is -2.31. The van der Waals surface area contributed by atoms with Gasteiger partial charge in [0.15, 0.2) is 6.10 Å². The fourth-order valence-corrected chi connectivity index (χ4v) is 6.06. The van der Waals surface area contributed by atoms with Crippen LogP contribution in [0.15, 0.2) is 0 Å². The van der Waals surface area contributed by atoms with E-state index in [1.165, 1.54) is 103 Å². The van der Waals surface area contributed by atoms with Crippen LogP contribution in [0.4, 0.5) is 0 Å². The molecule has 324 valence electrons. The second kappa shape index (κ2) is 41.4. The molecule has 0 amide bonds. The fraction of sp³-hybridized carbons (Fsp3) is 0.909. The van der Waals surface area contributed by atoms with E-state index in [9.17, 15) is 19.2 Å². The van der Waals surface area contributed by atoms with E-state index in [0.29, 0.717) is 39.3 Å². The van der Waals surface area contributed by atoms with Crippen LogP contribution in [-0.2, 0) is 52.3 Å². The quantitative estimate of drug-likeness (QED) is 0.0333. The Morgan fingerprint density at radius 2 is 0.836 bits per heavy atom. The Bertz CT molecular complexity index is 897. The first kappa shape index (κ1) is 52.8. The van der Waals surface area contributed by atoms with E-state index in [2.05, 4.69) is 13.8 Å². The molecule has 2 unspecified atom stereocenters. The average Bonchev–Trinajstić information content (AvgIpc) is 3.17. The lowest BCUT2D eigenvalue weighted by atomic mass is 10.1. The van der Waals surface area contributed by atoms with Gasteiger partial charge in [0, 0.05) is 33.0 Å². The van der Waals surface area contributed by atoms with Gasteiger partial charge in [0.05, 0.1) is 45.4 Å². The predicted octanol–water partition coefficient (Wildman–Crippen LogP) is 10.2. The van der Waals surface area contributed by atoms with Gasteiger partial charge in [-0.15, -0.1) is 0 Å². The molecule has 0 saturated carbocycles. The first-order valence-electron chi connectivity index (χ1n) is 22.2. The fourth-order valence-electron chi connectivity index (χ4n) is 6.06. The highest BCUT2D eigenvalue weighted by Gasteiger charge is 2.20. The van der Waals surface area contributed by atoms with Gasteiger partial charge >= 0.3 is 23.9 Å². The third-order valence-corrected chi connectivity index (χ3v) is 9.39. The summed E-state index contributed by atoms with van der Waals surface area (Å²) in [6.45, 7) is 7.95. The van der Waals surface area contributed by atoms with E-state index >= 15 is 0 Å². The Balaban J connectivity index is 4.44. The molecule has 55 heavy (non-hydrogen) atoms. The van der Waals surface area contributed by atoms with Crippen LogP contribution in [0.1, 0.15) is 194 Å². The molecule has 11 heteroatoms. The lowest BCUT2D eigenvalue weighted by molar-refractivity contribution is -0.167. The number of methoxy groups -OCH3 is 1. The van der Waals surface area contributed by atoms with Crippen molar-refractivity contribution in [2.45, 2.75) is 206 Å². The molecule has 0 saturated heterocycles. The van der Waals surface area contributed by atoms with Crippen molar-refractivity contribution < 1.29 is 52.3 Å². The summed E-state index contributed by atoms with van der Waals surface area (Å²) < 4.78 is 37.5. The van der Waals surface area contributed by atoms with Crippen LogP contribution in [0, 0.1) is 0 Å². The summed E-state index contributed by atoms with van der Waals surface area (Å²) in [4.78, 5) is 49.7. The Morgan fingerprint density at radius 1 is 0.418 bits per heavy atom. The number of hydrogen-bond donors (Lipinski definition) is 0. The minimum atomic E-state index is -0.911. The van der Waals surface area contributed by atoms with Gasteiger partial charge in [-0.3, -0.25) is 19.2 Å². The molecule has 0 aliphatic rings. The van der Waals surface area contributed by atoms with Crippen LogP contribution in [0.3, 0.4) is 0 Å². The summed E-state index contributed by atoms with van der Waals surface area (Å²) in [5.41, 5.74) is 0. The van der Waals surface area contributed by atoms with Crippen LogP contribution in [0.2, 0.25) is 0 Å². The lowest BCUT2D eigenvalue weighted by Gasteiger charge is -2.18. The topological polar surface area (TPSA) is 133 Å². The first-order chi connectivity index (χ1) is 26.8. The van der Waals surface area contributed by atoms with Crippen LogP contribution >= 0.6 is 0 Å². The molecule has 0 bridgehead atoms. The molecule has 11 nitrogen and oxygen atoms in total. The van der Waals surface area contributed by atoms with E-state index in [4.69, 9.17) is 33.2 Å². The normalized spacial score (nSPS) is 12.3. The predicted molar refractivity (Wildman–Crippen MR) is 217 cm³/mol. The Hall–Kier alpha value is -2.24. The van der Waals surface area contributed by atoms with Crippen LogP contribution in [0.25, 0.3) is 0 Å². The highest BCUT2D eigenvalue weighted by atomic mass is 16.6. The molecule has 0 aromatic rings. The van der Waals surface area contributed by atoms with Gasteiger partial charge in [0.1, 0.15) is 13.2 Å². The van der Waals surface area contributed by atoms with Gasteiger partial charge in [-0.2, -0.15) is 0 Å². The standard InChI is InChI=1S/C44H82O11/c1-5-7-9-11-13-15-17-19-21-23-25-28-41(45)53-37-40(55-44(48)29-26-24-22-20-18-16-14-12-10-8-6-2)38-54-43(47)31-30-42(46)52-33-27-32-50-34-35-51-39(3)36-49-4/h39-40H,5-38H2,1-4H3. The summed E-state index contributed by atoms with van der Waals surface area (Å²) in [6.07, 6.45) is 25.9. The molecular weight excluding hydrogens is 704 g/mol. The zero-order valence-corrected chi connectivity index (χ0v) is 35.7. The molecule has 2 atom stereocenters. The SMILES string of the molecule is CCCCCCCCCCCCCC(=O)OCC(COC(=O)CCC(=O)OCCCOCCOC(C)COC)OC(=O)CCCCCCCCCCCCC. The maximum atomic E-state index is 12.7. The number of ether oxygens (including phenoxy) is 7. The largest absolute Gasteiger partial charge is 0.466 e. The summed E-state index contributed by atoms with van der Waals surface area (Å²) in [6, 6.07) is 0. The van der Waals surface area contributed by atoms with Crippen molar-refractivity contribution in [2.24, 2.45) is 0 Å². The van der Waals surface area contributed by atoms with Gasteiger partial charge in [-0.05, 0) is 19.8 Å². The third kappa shape index (κ3) is 39.8. The van der Waals surface area contributed by atoms with Crippen molar-refractivity contribution in [3.8, 4) is 0 Å². The highest BCUT2D eigenvalue weighted by Crippen LogP contribution is 2.14. The highest BCUT2D eigenvalue weighted by molar-refractivity contribution is 5.77. The summed E-state index contributed by atoms with van der Waals surface area (Å²) in [5, 5.41) is 0. The maximum absolute atomic E-state index is 12.7. The second-order valence-corrected chi connectivity index (χ2v) is 14.9. The van der Waals surface area contributed by atoms with Crippen molar-refractivity contribution in [1.82, 2.24) is 0 Å². The molecule has 0 fully saturated rings. The molecule has 0 aromatic carbocycles. The van der Waals surface area contributed by atoms with Crippen molar-refractivity contribution >= 4 is 23.9 Å². The second-order valence-electron chi connectivity index (χ2n) is 14.9. The molecule has 0 heterocycles. The monoisotopic (exact) mass is 787 g/mol. The van der Waals surface area contributed by atoms with E-state index in [1.807, 2.05) is 6.92 Å². The summed E-state index contributed by atoms with van der Waals surface area (Å²) in [5.74, 6) is -1.90. The number of carbonyl (C=O) groups excluding carboxylic acids is 4. The molecule has 0 rings (SSSR count). The maximum Gasteiger partial charge on any atom is 0.306 e. The summed E-state index contributed by atoms with van der Waals surface area (Å²) >= 11 is 0. The summed E-state index contributed by atoms with van der Waals surface area (Å²) in [7, 11) is 1.62. The Kier molecular flexibility index (Phi) is 39.7. The average molecular weight is 787 g/mol. The van der Waals surface area contributed by atoms with E-state index in [1.54, 1.807) is 7.11 Å². The number of rotatable bonds is 42. The van der Waals surface area contributed by atoms with E-state index in [0.717, 1.165) is 38.5 Å². The van der Waals surface area contributed by atoms with E-state index < -0.39 is 24.0 Å². The van der Waals surface area contributed by atoms with Crippen LogP contribution in [-0.4, -0.2) is 89.4 Å². The molecule has 0 N–H and O–H groups in total. The first-order valence-corrected chi connectivity index (χ1v) is 22.2. The molecule has 0 radical (unpaired) electrons. The smallest absolute Gasteiger partial charge is 0.306 e. The number of unbranched alkanes of at least 4 members (excludes halogenated alkanes) is 20. The van der Waals surface area contributed by atoms with Gasteiger partial charge < -0.3 is 33.2 Å². The number of carbonyl (C=O) groups is 4. The van der Waals surface area contributed by atoms with Gasteiger partial charge in [0.25, 0.3) is 0 Å². The zero-order valence-electron chi connectivity index (χ0n) is 35.7. The minimum absolute atomic E-state index is 0.00216. The van der Waals surface area contributed by atoms with Gasteiger partial charge in [-0.1, -0.05) is 142 Å². The third-order valence-electron chi connectivity index (χ3n) is 9.39. The molecular formula is C44H82O11. The van der Waals surface area contributed by atoms with E-state index in [-0.39, 0.29) is 51.2 Å². The van der Waals surface area contributed by atoms with Crippen molar-refractivity contribution in [3.05, 3.63) is 0 Å². The Morgan fingerprint density at radius 3 is 1.31 bits per heavy atom. The van der Waals surface area contributed by atoms with Gasteiger partial charge in [0.2, 0.25) is 0 Å². The number of hydrogen-bond acceptors (Lipinski definition) is 11. The van der Waals surface area contributed by atoms with Crippen LogP contribution in [0.5, 0.6) is 0 Å². The number of esters is 4. The molecule has 0 aliphatic carbocycles. The molecule has 0 aliphatic heterocycles. The zero-order chi connectivity index (χ0) is 40.5. The van der Waals surface area contributed by atoms with Crippen molar-refractivity contribution in [3.63, 3.8) is 0 Å². The minimum Gasteiger partial charge on any atom is -0.466 e. The van der Waals surface area contributed by atoms with Crippen molar-refractivity contribution in [2.75, 3.05) is 53.4 Å². The molecule has 0 spiro atoms. The van der Waals surface area contributed by atoms with Crippen LogP contribution < -0.4 is 0 Å². The molecule has 0 aromatic heterocycles.